The van der Waals surface area contributed by atoms with Crippen LogP contribution in [0.1, 0.15) is 23.2 Å². The zero-order valence-electron chi connectivity index (χ0n) is 8.43. The van der Waals surface area contributed by atoms with Gasteiger partial charge in [-0.3, -0.25) is 9.78 Å². The summed E-state index contributed by atoms with van der Waals surface area (Å²) < 4.78 is 62.5. The van der Waals surface area contributed by atoms with Crippen molar-refractivity contribution in [1.29, 1.82) is 0 Å². The lowest BCUT2D eigenvalue weighted by molar-refractivity contribution is -0.140. The third kappa shape index (κ3) is 3.06. The average molecular weight is 290 g/mol. The highest BCUT2D eigenvalue weighted by molar-refractivity contribution is 6.32. The van der Waals surface area contributed by atoms with Gasteiger partial charge in [0.15, 0.2) is 0 Å². The maximum atomic E-state index is 12.6. The molecular weight excluding hydrogens is 285 g/mol. The summed E-state index contributed by atoms with van der Waals surface area (Å²) in [5, 5.41) is 7.39. The van der Waals surface area contributed by atoms with Crippen LogP contribution in [0, 0.1) is 0 Å². The Kier molecular flexibility index (Phi) is 4.10. The first-order valence-corrected chi connectivity index (χ1v) is 4.76. The number of halogens is 6. The summed E-state index contributed by atoms with van der Waals surface area (Å²) in [5.74, 6) is -1.45. The van der Waals surface area contributed by atoms with Gasteiger partial charge in [0, 0.05) is 11.8 Å². The van der Waals surface area contributed by atoms with E-state index in [0.29, 0.717) is 6.20 Å². The zero-order chi connectivity index (χ0) is 14.1. The van der Waals surface area contributed by atoms with Gasteiger partial charge in [0.05, 0.1) is 11.4 Å². The second-order valence-corrected chi connectivity index (χ2v) is 3.60. The summed E-state index contributed by atoms with van der Waals surface area (Å²) in [6.07, 6.45) is -8.83. The molecule has 3 nitrogen and oxygen atoms in total. The fourth-order valence-electron chi connectivity index (χ4n) is 1.26. The second kappa shape index (κ2) is 5.05. The summed E-state index contributed by atoms with van der Waals surface area (Å²) >= 11 is 5.33. The third-order valence-electron chi connectivity index (χ3n) is 1.95. The Morgan fingerprint density at radius 3 is 2.39 bits per heavy atom. The van der Waals surface area contributed by atoms with Crippen molar-refractivity contribution >= 4 is 17.6 Å². The first-order chi connectivity index (χ1) is 8.14. The zero-order valence-corrected chi connectivity index (χ0v) is 9.19. The van der Waals surface area contributed by atoms with E-state index >= 15 is 0 Å². The molecule has 1 aromatic rings. The minimum Gasteiger partial charge on any atom is -0.481 e. The molecule has 1 N–H and O–H groups in total. The van der Waals surface area contributed by atoms with Gasteiger partial charge in [0.25, 0.3) is 6.43 Å². The molecule has 0 fully saturated rings. The number of carbonyl (C=O) groups is 1. The Morgan fingerprint density at radius 2 is 2.00 bits per heavy atom. The second-order valence-electron chi connectivity index (χ2n) is 3.23. The predicted octanol–water partition coefficient (Wildman–Crippen LogP) is 3.32. The van der Waals surface area contributed by atoms with E-state index in [-0.39, 0.29) is 0 Å². The molecule has 18 heavy (non-hydrogen) atoms. The Bertz CT molecular complexity index is 475. The monoisotopic (exact) mass is 289 g/mol. The topological polar surface area (TPSA) is 50.2 Å². The van der Waals surface area contributed by atoms with Gasteiger partial charge in [-0.1, -0.05) is 11.6 Å². The van der Waals surface area contributed by atoms with Crippen LogP contribution in [0.5, 0.6) is 0 Å². The predicted molar refractivity (Wildman–Crippen MR) is 50.5 cm³/mol. The van der Waals surface area contributed by atoms with E-state index < -0.39 is 46.8 Å². The molecule has 0 aliphatic carbocycles. The number of nitrogens with zero attached hydrogens (tertiary/aromatic N) is 1. The van der Waals surface area contributed by atoms with Crippen molar-refractivity contribution in [3.05, 3.63) is 28.0 Å². The molecule has 1 aromatic heterocycles. The van der Waals surface area contributed by atoms with Crippen molar-refractivity contribution in [2.45, 2.75) is 19.0 Å². The van der Waals surface area contributed by atoms with Crippen molar-refractivity contribution < 1.29 is 31.9 Å². The molecule has 1 rings (SSSR count). The van der Waals surface area contributed by atoms with E-state index in [2.05, 4.69) is 4.98 Å². The molecule has 100 valence electrons. The summed E-state index contributed by atoms with van der Waals surface area (Å²) in [6.45, 7) is 0. The molecule has 0 amide bonds. The van der Waals surface area contributed by atoms with Gasteiger partial charge < -0.3 is 5.11 Å². The number of rotatable bonds is 3. The van der Waals surface area contributed by atoms with Crippen molar-refractivity contribution in [3.8, 4) is 0 Å². The summed E-state index contributed by atoms with van der Waals surface area (Å²) in [6, 6.07) is 0. The van der Waals surface area contributed by atoms with E-state index in [1.54, 1.807) is 0 Å². The summed E-state index contributed by atoms with van der Waals surface area (Å²) in [7, 11) is 0. The van der Waals surface area contributed by atoms with Gasteiger partial charge in [-0.25, -0.2) is 8.78 Å². The first kappa shape index (κ1) is 14.6. The van der Waals surface area contributed by atoms with Crippen LogP contribution in [0.15, 0.2) is 6.20 Å². The molecule has 9 heteroatoms. The van der Waals surface area contributed by atoms with Crippen LogP contribution < -0.4 is 0 Å². The van der Waals surface area contributed by atoms with Gasteiger partial charge in [0.1, 0.15) is 11.3 Å². The van der Waals surface area contributed by atoms with Gasteiger partial charge >= 0.3 is 12.1 Å². The Morgan fingerprint density at radius 1 is 1.44 bits per heavy atom. The largest absolute Gasteiger partial charge is 0.481 e. The molecule has 0 saturated carbocycles. The number of pyridine rings is 1. The fourth-order valence-corrected chi connectivity index (χ4v) is 1.58. The van der Waals surface area contributed by atoms with E-state index in [0.717, 1.165) is 0 Å². The summed E-state index contributed by atoms with van der Waals surface area (Å²) in [5.41, 5.74) is -3.78. The summed E-state index contributed by atoms with van der Waals surface area (Å²) in [4.78, 5) is 13.3. The van der Waals surface area contributed by atoms with Crippen molar-refractivity contribution in [2.75, 3.05) is 0 Å². The smallest absolute Gasteiger partial charge is 0.419 e. The Balaban J connectivity index is 3.45. The van der Waals surface area contributed by atoms with Crippen LogP contribution in [0.25, 0.3) is 0 Å². The fraction of sp³-hybridized carbons (Fsp3) is 0.333. The number of hydrogen-bond acceptors (Lipinski definition) is 2. The van der Waals surface area contributed by atoms with Crippen molar-refractivity contribution in [1.82, 2.24) is 4.98 Å². The number of hydrogen-bond donors (Lipinski definition) is 1. The van der Waals surface area contributed by atoms with E-state index in [1.807, 2.05) is 0 Å². The first-order valence-electron chi connectivity index (χ1n) is 4.39. The van der Waals surface area contributed by atoms with Crippen molar-refractivity contribution in [3.63, 3.8) is 0 Å². The van der Waals surface area contributed by atoms with Crippen LogP contribution in [0.4, 0.5) is 22.0 Å². The SMILES string of the molecule is O=C(O)Cc1cnc(C(F)F)c(C(F)(F)F)c1Cl. The highest BCUT2D eigenvalue weighted by Gasteiger charge is 2.40. The van der Waals surface area contributed by atoms with Crippen LogP contribution in [-0.4, -0.2) is 16.1 Å². The standard InChI is InChI=1S/C9H5ClF5NO2/c10-6-3(1-4(17)18)2-16-7(8(11)12)5(6)9(13,14)15/h2,8H,1H2,(H,17,18). The van der Waals surface area contributed by atoms with Gasteiger partial charge in [0.2, 0.25) is 0 Å². The van der Waals surface area contributed by atoms with Crippen LogP contribution in [-0.2, 0) is 17.4 Å². The number of carboxylic acids is 1. The highest BCUT2D eigenvalue weighted by atomic mass is 35.5. The van der Waals surface area contributed by atoms with Crippen molar-refractivity contribution in [2.24, 2.45) is 0 Å². The number of aliphatic carboxylic acids is 1. The number of carboxylic acid groups (broad SMARTS) is 1. The minimum absolute atomic E-state index is 0.471. The lowest BCUT2D eigenvalue weighted by Gasteiger charge is -2.15. The minimum atomic E-state index is -5.13. The van der Waals surface area contributed by atoms with E-state index in [9.17, 15) is 26.7 Å². The molecule has 0 aliphatic heterocycles. The molecule has 0 spiro atoms. The van der Waals surface area contributed by atoms with Crippen LogP contribution in [0.3, 0.4) is 0 Å². The number of alkyl halides is 5. The maximum Gasteiger partial charge on any atom is 0.419 e. The number of aromatic nitrogens is 1. The highest BCUT2D eigenvalue weighted by Crippen LogP contribution is 2.41. The molecule has 0 aliphatic rings. The molecule has 0 saturated heterocycles. The lowest BCUT2D eigenvalue weighted by Crippen LogP contribution is -2.15. The van der Waals surface area contributed by atoms with Gasteiger partial charge in [-0.2, -0.15) is 13.2 Å². The van der Waals surface area contributed by atoms with Gasteiger partial charge in [-0.15, -0.1) is 0 Å². The third-order valence-corrected chi connectivity index (χ3v) is 2.38. The molecule has 0 radical (unpaired) electrons. The van der Waals surface area contributed by atoms with E-state index in [1.165, 1.54) is 0 Å². The Labute approximate surface area is 102 Å². The van der Waals surface area contributed by atoms with Crippen LogP contribution >= 0.6 is 11.6 Å². The van der Waals surface area contributed by atoms with E-state index in [4.69, 9.17) is 16.7 Å². The molecular formula is C9H5ClF5NO2. The molecule has 1 heterocycles. The molecule has 0 unspecified atom stereocenters. The molecule has 0 bridgehead atoms. The maximum absolute atomic E-state index is 12.6. The quantitative estimate of drug-likeness (QED) is 0.869. The molecule has 0 aromatic carbocycles. The molecule has 0 atom stereocenters. The Hall–Kier alpha value is -1.44. The van der Waals surface area contributed by atoms with Crippen LogP contribution in [0.2, 0.25) is 5.02 Å². The lowest BCUT2D eigenvalue weighted by atomic mass is 10.1. The normalized spacial score (nSPS) is 11.9. The average Bonchev–Trinajstić information content (AvgIpc) is 2.17. The van der Waals surface area contributed by atoms with Gasteiger partial charge in [-0.05, 0) is 0 Å².